The minimum Gasteiger partial charge on any atom is -0.472 e. The van der Waals surface area contributed by atoms with E-state index in [-0.39, 0.29) is 11.9 Å². The largest absolute Gasteiger partial charge is 0.472 e. The fraction of sp³-hybridized carbons (Fsp3) is 0.167. The third-order valence-electron chi connectivity index (χ3n) is 2.44. The number of benzene rings is 1. The molecule has 1 heterocycles. The van der Waals surface area contributed by atoms with E-state index in [1.807, 2.05) is 0 Å². The fourth-order valence-corrected chi connectivity index (χ4v) is 1.72. The molecule has 0 aliphatic heterocycles. The minimum absolute atomic E-state index is 0.159. The van der Waals surface area contributed by atoms with E-state index in [4.69, 9.17) is 21.8 Å². The normalized spacial score (nSPS) is 12.4. The highest BCUT2D eigenvalue weighted by Crippen LogP contribution is 2.26. The van der Waals surface area contributed by atoms with Gasteiger partial charge in [-0.25, -0.2) is 4.39 Å². The number of hydrogen-bond acceptors (Lipinski definition) is 3. The van der Waals surface area contributed by atoms with Crippen LogP contribution in [0, 0.1) is 5.82 Å². The van der Waals surface area contributed by atoms with Crippen LogP contribution >= 0.6 is 11.6 Å². The van der Waals surface area contributed by atoms with Crippen molar-refractivity contribution in [2.75, 3.05) is 11.9 Å². The van der Waals surface area contributed by atoms with Crippen LogP contribution in [0.15, 0.2) is 41.2 Å². The van der Waals surface area contributed by atoms with E-state index in [1.54, 1.807) is 18.6 Å². The predicted molar refractivity (Wildman–Crippen MR) is 65.5 cm³/mol. The zero-order valence-electron chi connectivity index (χ0n) is 8.99. The number of halogens is 2. The Hall–Kier alpha value is -1.52. The Balaban J connectivity index is 2.21. The zero-order valence-corrected chi connectivity index (χ0v) is 9.75. The Morgan fingerprint density at radius 2 is 2.24 bits per heavy atom. The van der Waals surface area contributed by atoms with Crippen LogP contribution in [0.1, 0.15) is 11.6 Å². The lowest BCUT2D eigenvalue weighted by Gasteiger charge is -2.17. The molecule has 1 aromatic heterocycles. The van der Waals surface area contributed by atoms with Gasteiger partial charge in [-0.2, -0.15) is 0 Å². The molecule has 0 aliphatic carbocycles. The standard InChI is InChI=1S/C12H12ClFN2O/c13-10-2-1-9(14)5-11(10)16-12(6-15)8-3-4-17-7-8/h1-5,7,12,16H,6,15H2. The van der Waals surface area contributed by atoms with Gasteiger partial charge in [0.25, 0.3) is 0 Å². The Labute approximate surface area is 103 Å². The van der Waals surface area contributed by atoms with Gasteiger partial charge in [0.15, 0.2) is 0 Å². The van der Waals surface area contributed by atoms with Crippen molar-refractivity contribution in [3.8, 4) is 0 Å². The van der Waals surface area contributed by atoms with Crippen molar-refractivity contribution in [1.82, 2.24) is 0 Å². The van der Waals surface area contributed by atoms with Gasteiger partial charge in [-0.3, -0.25) is 0 Å². The molecule has 1 atom stereocenters. The first-order valence-electron chi connectivity index (χ1n) is 5.14. The van der Waals surface area contributed by atoms with Crippen LogP contribution in [0.2, 0.25) is 5.02 Å². The average Bonchev–Trinajstić information content (AvgIpc) is 2.84. The van der Waals surface area contributed by atoms with Crippen molar-refractivity contribution in [1.29, 1.82) is 0 Å². The molecular formula is C12H12ClFN2O. The van der Waals surface area contributed by atoms with Crippen LogP contribution in [-0.4, -0.2) is 6.54 Å². The van der Waals surface area contributed by atoms with Gasteiger partial charge in [-0.1, -0.05) is 11.6 Å². The second kappa shape index (κ2) is 5.21. The van der Waals surface area contributed by atoms with Gasteiger partial charge < -0.3 is 15.5 Å². The molecule has 0 amide bonds. The van der Waals surface area contributed by atoms with Crippen molar-refractivity contribution in [3.05, 3.63) is 53.2 Å². The molecule has 3 N–H and O–H groups in total. The first kappa shape index (κ1) is 12.0. The number of furan rings is 1. The second-order valence-electron chi connectivity index (χ2n) is 3.61. The molecule has 0 aliphatic rings. The first-order chi connectivity index (χ1) is 8.20. The quantitative estimate of drug-likeness (QED) is 0.881. The van der Waals surface area contributed by atoms with Crippen LogP contribution in [0.25, 0.3) is 0 Å². The van der Waals surface area contributed by atoms with Gasteiger partial charge in [0, 0.05) is 12.1 Å². The molecule has 1 aromatic carbocycles. The number of anilines is 1. The van der Waals surface area contributed by atoms with Crippen LogP contribution in [0.4, 0.5) is 10.1 Å². The molecule has 0 saturated carbocycles. The van der Waals surface area contributed by atoms with E-state index in [0.29, 0.717) is 17.3 Å². The lowest BCUT2D eigenvalue weighted by molar-refractivity contribution is 0.561. The number of rotatable bonds is 4. The molecule has 5 heteroatoms. The third kappa shape index (κ3) is 2.78. The van der Waals surface area contributed by atoms with Crippen molar-refractivity contribution in [2.24, 2.45) is 5.73 Å². The van der Waals surface area contributed by atoms with E-state index >= 15 is 0 Å². The fourth-order valence-electron chi connectivity index (χ4n) is 1.55. The highest BCUT2D eigenvalue weighted by molar-refractivity contribution is 6.33. The summed E-state index contributed by atoms with van der Waals surface area (Å²) in [7, 11) is 0. The maximum atomic E-state index is 13.1. The summed E-state index contributed by atoms with van der Waals surface area (Å²) in [6, 6.07) is 5.79. The average molecular weight is 255 g/mol. The Morgan fingerprint density at radius 3 is 2.88 bits per heavy atom. The van der Waals surface area contributed by atoms with Crippen LogP contribution in [0.5, 0.6) is 0 Å². The summed E-state index contributed by atoms with van der Waals surface area (Å²) >= 11 is 5.97. The molecular weight excluding hydrogens is 243 g/mol. The van der Waals surface area contributed by atoms with Gasteiger partial charge in [0.2, 0.25) is 0 Å². The monoisotopic (exact) mass is 254 g/mol. The molecule has 3 nitrogen and oxygen atoms in total. The van der Waals surface area contributed by atoms with Gasteiger partial charge in [0.05, 0.1) is 29.3 Å². The summed E-state index contributed by atoms with van der Waals surface area (Å²) in [6.45, 7) is 0.354. The Bertz CT molecular complexity index is 487. The summed E-state index contributed by atoms with van der Waals surface area (Å²) in [6.07, 6.45) is 3.16. The van der Waals surface area contributed by atoms with Crippen molar-refractivity contribution in [2.45, 2.75) is 6.04 Å². The molecule has 2 rings (SSSR count). The predicted octanol–water partition coefficient (Wildman–Crippen LogP) is 3.18. The van der Waals surface area contributed by atoms with Gasteiger partial charge in [-0.05, 0) is 24.3 Å². The molecule has 0 saturated heterocycles. The highest BCUT2D eigenvalue weighted by Gasteiger charge is 2.12. The molecule has 90 valence electrons. The SMILES string of the molecule is NCC(Nc1cc(F)ccc1Cl)c1ccoc1. The summed E-state index contributed by atoms with van der Waals surface area (Å²) < 4.78 is 18.1. The minimum atomic E-state index is -0.347. The molecule has 0 spiro atoms. The topological polar surface area (TPSA) is 51.2 Å². The first-order valence-corrected chi connectivity index (χ1v) is 5.52. The summed E-state index contributed by atoms with van der Waals surface area (Å²) in [5.41, 5.74) is 7.07. The number of nitrogens with one attached hydrogen (secondary N) is 1. The summed E-state index contributed by atoms with van der Waals surface area (Å²) in [5, 5.41) is 3.54. The number of hydrogen-bond donors (Lipinski definition) is 2. The van der Waals surface area contributed by atoms with Gasteiger partial charge in [0.1, 0.15) is 5.82 Å². The third-order valence-corrected chi connectivity index (χ3v) is 2.77. The smallest absolute Gasteiger partial charge is 0.125 e. The molecule has 0 radical (unpaired) electrons. The Kier molecular flexibility index (Phi) is 3.66. The van der Waals surface area contributed by atoms with E-state index in [0.717, 1.165) is 5.56 Å². The zero-order chi connectivity index (χ0) is 12.3. The Morgan fingerprint density at radius 1 is 1.41 bits per heavy atom. The van der Waals surface area contributed by atoms with Crippen molar-refractivity contribution < 1.29 is 8.81 Å². The molecule has 0 fully saturated rings. The summed E-state index contributed by atoms with van der Waals surface area (Å²) in [4.78, 5) is 0. The lowest BCUT2D eigenvalue weighted by atomic mass is 10.1. The van der Waals surface area contributed by atoms with Crippen molar-refractivity contribution >= 4 is 17.3 Å². The maximum Gasteiger partial charge on any atom is 0.125 e. The summed E-state index contributed by atoms with van der Waals surface area (Å²) in [5.74, 6) is -0.347. The van der Waals surface area contributed by atoms with Crippen LogP contribution in [0.3, 0.4) is 0 Å². The number of nitrogens with two attached hydrogens (primary N) is 1. The molecule has 17 heavy (non-hydrogen) atoms. The second-order valence-corrected chi connectivity index (χ2v) is 4.02. The van der Waals surface area contributed by atoms with E-state index in [2.05, 4.69) is 5.32 Å². The highest BCUT2D eigenvalue weighted by atomic mass is 35.5. The molecule has 2 aromatic rings. The lowest BCUT2D eigenvalue weighted by Crippen LogP contribution is -2.20. The van der Waals surface area contributed by atoms with Crippen LogP contribution in [-0.2, 0) is 0 Å². The van der Waals surface area contributed by atoms with E-state index in [9.17, 15) is 4.39 Å². The van der Waals surface area contributed by atoms with E-state index in [1.165, 1.54) is 18.2 Å². The maximum absolute atomic E-state index is 13.1. The van der Waals surface area contributed by atoms with Gasteiger partial charge in [-0.15, -0.1) is 0 Å². The molecule has 0 bridgehead atoms. The van der Waals surface area contributed by atoms with Gasteiger partial charge >= 0.3 is 0 Å². The van der Waals surface area contributed by atoms with E-state index < -0.39 is 0 Å². The molecule has 1 unspecified atom stereocenters. The van der Waals surface area contributed by atoms with Crippen molar-refractivity contribution in [3.63, 3.8) is 0 Å². The van der Waals surface area contributed by atoms with Crippen LogP contribution < -0.4 is 11.1 Å².